The zero-order valence-corrected chi connectivity index (χ0v) is 11.2. The van der Waals surface area contributed by atoms with Gasteiger partial charge in [0.2, 0.25) is 0 Å². The summed E-state index contributed by atoms with van der Waals surface area (Å²) in [7, 11) is 0. The van der Waals surface area contributed by atoms with Crippen LogP contribution in [0.4, 0.5) is 0 Å². The van der Waals surface area contributed by atoms with E-state index in [1.165, 1.54) is 12.3 Å². The summed E-state index contributed by atoms with van der Waals surface area (Å²) in [6.45, 7) is 1.81. The number of esters is 1. The number of rotatable bonds is 5. The van der Waals surface area contributed by atoms with E-state index >= 15 is 0 Å². The molecule has 0 fully saturated rings. The minimum atomic E-state index is -0.558. The summed E-state index contributed by atoms with van der Waals surface area (Å²) < 4.78 is 9.88. The van der Waals surface area contributed by atoms with Crippen molar-refractivity contribution in [1.29, 1.82) is 0 Å². The average Bonchev–Trinajstić information content (AvgIpc) is 3.04. The van der Waals surface area contributed by atoms with Gasteiger partial charge in [0.1, 0.15) is 11.3 Å². The highest BCUT2D eigenvalue weighted by Crippen LogP contribution is 2.10. The maximum atomic E-state index is 11.6. The highest BCUT2D eigenvalue weighted by Gasteiger charge is 2.14. The number of amides is 1. The van der Waals surface area contributed by atoms with Crippen molar-refractivity contribution in [3.8, 4) is 0 Å². The highest BCUT2D eigenvalue weighted by molar-refractivity contribution is 7.09. The van der Waals surface area contributed by atoms with Crippen molar-refractivity contribution in [2.45, 2.75) is 13.5 Å². The van der Waals surface area contributed by atoms with Crippen LogP contribution in [0.1, 0.15) is 21.0 Å². The van der Waals surface area contributed by atoms with Gasteiger partial charge in [-0.3, -0.25) is 4.79 Å². The van der Waals surface area contributed by atoms with Gasteiger partial charge in [-0.2, -0.15) is 0 Å². The summed E-state index contributed by atoms with van der Waals surface area (Å²) in [5.74, 6) is -0.413. The Labute approximate surface area is 114 Å². The fourth-order valence-corrected chi connectivity index (χ4v) is 2.10. The van der Waals surface area contributed by atoms with Gasteiger partial charge in [0.15, 0.2) is 6.61 Å². The van der Waals surface area contributed by atoms with E-state index in [1.807, 2.05) is 17.5 Å². The second-order valence-corrected chi connectivity index (χ2v) is 4.85. The Morgan fingerprint density at radius 3 is 2.89 bits per heavy atom. The summed E-state index contributed by atoms with van der Waals surface area (Å²) in [6, 6.07) is 5.35. The van der Waals surface area contributed by atoms with Gasteiger partial charge in [-0.15, -0.1) is 11.3 Å². The summed E-state index contributed by atoms with van der Waals surface area (Å²) in [4.78, 5) is 24.1. The molecular weight excluding hydrogens is 266 g/mol. The summed E-state index contributed by atoms with van der Waals surface area (Å²) in [6.07, 6.45) is 1.41. The van der Waals surface area contributed by atoms with E-state index < -0.39 is 5.97 Å². The van der Waals surface area contributed by atoms with Crippen LogP contribution in [0.25, 0.3) is 0 Å². The molecule has 0 saturated heterocycles. The number of carbonyl (C=O) groups is 2. The Balaban J connectivity index is 1.74. The first-order valence-electron chi connectivity index (χ1n) is 5.67. The van der Waals surface area contributed by atoms with E-state index in [0.717, 1.165) is 4.88 Å². The van der Waals surface area contributed by atoms with Gasteiger partial charge < -0.3 is 14.5 Å². The second kappa shape index (κ2) is 6.19. The van der Waals surface area contributed by atoms with Crippen LogP contribution in [-0.2, 0) is 16.1 Å². The molecule has 2 heterocycles. The zero-order valence-electron chi connectivity index (χ0n) is 10.3. The highest BCUT2D eigenvalue weighted by atomic mass is 32.1. The fourth-order valence-electron chi connectivity index (χ4n) is 1.46. The molecule has 0 bridgehead atoms. The topological polar surface area (TPSA) is 68.5 Å². The van der Waals surface area contributed by atoms with Gasteiger partial charge in [-0.05, 0) is 24.4 Å². The second-order valence-electron chi connectivity index (χ2n) is 3.82. The zero-order chi connectivity index (χ0) is 13.7. The lowest BCUT2D eigenvalue weighted by Gasteiger charge is -2.05. The molecular formula is C13H13NO4S. The maximum Gasteiger partial charge on any atom is 0.342 e. The van der Waals surface area contributed by atoms with Gasteiger partial charge in [0.25, 0.3) is 5.91 Å². The third kappa shape index (κ3) is 3.69. The molecule has 1 amide bonds. The molecule has 0 radical (unpaired) electrons. The molecule has 1 N–H and O–H groups in total. The van der Waals surface area contributed by atoms with Crippen molar-refractivity contribution >= 4 is 23.2 Å². The van der Waals surface area contributed by atoms with E-state index in [-0.39, 0.29) is 12.5 Å². The normalized spacial score (nSPS) is 10.2. The SMILES string of the molecule is Cc1occc1C(=O)OCC(=O)NCc1cccs1. The largest absolute Gasteiger partial charge is 0.469 e. The van der Waals surface area contributed by atoms with Crippen LogP contribution >= 0.6 is 11.3 Å². The van der Waals surface area contributed by atoms with Crippen LogP contribution in [0.2, 0.25) is 0 Å². The number of furan rings is 1. The van der Waals surface area contributed by atoms with E-state index in [0.29, 0.717) is 17.9 Å². The quantitative estimate of drug-likeness (QED) is 0.851. The summed E-state index contributed by atoms with van der Waals surface area (Å²) >= 11 is 1.55. The van der Waals surface area contributed by atoms with Crippen LogP contribution in [0.5, 0.6) is 0 Å². The first-order valence-corrected chi connectivity index (χ1v) is 6.55. The van der Waals surface area contributed by atoms with E-state index in [4.69, 9.17) is 9.15 Å². The van der Waals surface area contributed by atoms with Crippen LogP contribution in [0.3, 0.4) is 0 Å². The van der Waals surface area contributed by atoms with Crippen LogP contribution < -0.4 is 5.32 Å². The summed E-state index contributed by atoms with van der Waals surface area (Å²) in [5.41, 5.74) is 0.339. The number of carbonyl (C=O) groups excluding carboxylic acids is 2. The number of hydrogen-bond donors (Lipinski definition) is 1. The van der Waals surface area contributed by atoms with Gasteiger partial charge in [-0.1, -0.05) is 6.07 Å². The van der Waals surface area contributed by atoms with E-state index in [1.54, 1.807) is 18.3 Å². The van der Waals surface area contributed by atoms with Crippen LogP contribution in [-0.4, -0.2) is 18.5 Å². The van der Waals surface area contributed by atoms with Crippen molar-refractivity contribution in [3.05, 3.63) is 46.0 Å². The predicted molar refractivity (Wildman–Crippen MR) is 69.9 cm³/mol. The molecule has 5 nitrogen and oxygen atoms in total. The lowest BCUT2D eigenvalue weighted by atomic mass is 10.3. The molecule has 0 aliphatic rings. The molecule has 0 aliphatic carbocycles. The minimum absolute atomic E-state index is 0.297. The fraction of sp³-hybridized carbons (Fsp3) is 0.231. The third-order valence-electron chi connectivity index (χ3n) is 2.45. The van der Waals surface area contributed by atoms with E-state index in [2.05, 4.69) is 5.32 Å². The predicted octanol–water partition coefficient (Wildman–Crippen LogP) is 2.12. The van der Waals surface area contributed by atoms with Crippen molar-refractivity contribution < 1.29 is 18.7 Å². The lowest BCUT2D eigenvalue weighted by Crippen LogP contribution is -2.28. The van der Waals surface area contributed by atoms with Crippen molar-refractivity contribution in [1.82, 2.24) is 5.32 Å². The lowest BCUT2D eigenvalue weighted by molar-refractivity contribution is -0.124. The number of ether oxygens (including phenoxy) is 1. The summed E-state index contributed by atoms with van der Waals surface area (Å²) in [5, 5.41) is 4.60. The first-order chi connectivity index (χ1) is 9.16. The molecule has 19 heavy (non-hydrogen) atoms. The number of hydrogen-bond acceptors (Lipinski definition) is 5. The van der Waals surface area contributed by atoms with Crippen molar-refractivity contribution in [2.75, 3.05) is 6.61 Å². The standard InChI is InChI=1S/C13H13NO4S/c1-9-11(4-5-17-9)13(16)18-8-12(15)14-7-10-3-2-6-19-10/h2-6H,7-8H2,1H3,(H,14,15). The van der Waals surface area contributed by atoms with Crippen LogP contribution in [0, 0.1) is 6.92 Å². The number of aryl methyl sites for hydroxylation is 1. The third-order valence-corrected chi connectivity index (χ3v) is 3.33. The average molecular weight is 279 g/mol. The molecule has 0 aromatic carbocycles. The molecule has 0 saturated carbocycles. The van der Waals surface area contributed by atoms with Crippen LogP contribution in [0.15, 0.2) is 34.3 Å². The number of thiophene rings is 1. The Hall–Kier alpha value is -2.08. The molecule has 0 unspecified atom stereocenters. The van der Waals surface area contributed by atoms with Gasteiger partial charge in [0, 0.05) is 4.88 Å². The molecule has 0 aliphatic heterocycles. The number of nitrogens with one attached hydrogen (secondary N) is 1. The Bertz CT molecular complexity index is 559. The molecule has 6 heteroatoms. The monoisotopic (exact) mass is 279 g/mol. The van der Waals surface area contributed by atoms with E-state index in [9.17, 15) is 9.59 Å². The van der Waals surface area contributed by atoms with Gasteiger partial charge >= 0.3 is 5.97 Å². The Kier molecular flexibility index (Phi) is 4.35. The van der Waals surface area contributed by atoms with Crippen molar-refractivity contribution in [2.24, 2.45) is 0 Å². The van der Waals surface area contributed by atoms with Crippen molar-refractivity contribution in [3.63, 3.8) is 0 Å². The molecule has 100 valence electrons. The Morgan fingerprint density at radius 1 is 1.42 bits per heavy atom. The smallest absolute Gasteiger partial charge is 0.342 e. The minimum Gasteiger partial charge on any atom is -0.469 e. The van der Waals surface area contributed by atoms with Gasteiger partial charge in [0.05, 0.1) is 12.8 Å². The molecule has 2 rings (SSSR count). The maximum absolute atomic E-state index is 11.6. The molecule has 0 atom stereocenters. The molecule has 2 aromatic rings. The Morgan fingerprint density at radius 2 is 2.26 bits per heavy atom. The van der Waals surface area contributed by atoms with Gasteiger partial charge in [-0.25, -0.2) is 4.79 Å². The molecule has 2 aromatic heterocycles. The molecule has 0 spiro atoms. The first kappa shape index (κ1) is 13.4.